The highest BCUT2D eigenvalue weighted by molar-refractivity contribution is 5.98. The van der Waals surface area contributed by atoms with Crippen LogP contribution in [0.25, 0.3) is 0 Å². The van der Waals surface area contributed by atoms with Crippen LogP contribution in [0.4, 0.5) is 4.79 Å². The van der Waals surface area contributed by atoms with E-state index in [9.17, 15) is 9.59 Å². The Kier molecular flexibility index (Phi) is 2.06. The number of nitrogens with one attached hydrogen (secondary N) is 2. The van der Waals surface area contributed by atoms with E-state index < -0.39 is 24.1 Å². The Morgan fingerprint density at radius 1 is 1.55 bits per heavy atom. The molecule has 1 aliphatic rings. The van der Waals surface area contributed by atoms with Gasteiger partial charge in [-0.2, -0.15) is 0 Å². The molecule has 0 aromatic rings. The fourth-order valence-corrected chi connectivity index (χ4v) is 0.771. The van der Waals surface area contributed by atoms with E-state index in [1.807, 2.05) is 5.32 Å². The Labute approximate surface area is 62.5 Å². The first-order valence-electron chi connectivity index (χ1n) is 3.06. The third-order valence-electron chi connectivity index (χ3n) is 1.49. The van der Waals surface area contributed by atoms with Crippen molar-refractivity contribution < 1.29 is 19.7 Å². The van der Waals surface area contributed by atoms with Gasteiger partial charge in [-0.25, -0.2) is 14.9 Å². The van der Waals surface area contributed by atoms with Crippen LogP contribution in [0, 0.1) is 5.92 Å². The average Bonchev–Trinajstić information content (AvgIpc) is 1.96. The molecule has 1 unspecified atom stereocenters. The summed E-state index contributed by atoms with van der Waals surface area (Å²) in [5.74, 6) is -1.05. The lowest BCUT2D eigenvalue weighted by Gasteiger charge is -2.25. The van der Waals surface area contributed by atoms with Crippen LogP contribution < -0.4 is 10.6 Å². The van der Waals surface area contributed by atoms with E-state index >= 15 is 0 Å². The normalized spacial score (nSPS) is 31.1. The van der Waals surface area contributed by atoms with E-state index in [1.54, 1.807) is 0 Å². The molecule has 0 saturated carbocycles. The third-order valence-corrected chi connectivity index (χ3v) is 1.49. The Balaban J connectivity index is 2.66. The Morgan fingerprint density at radius 3 is 2.73 bits per heavy atom. The molecule has 0 bridgehead atoms. The molecule has 62 valence electrons. The molecule has 11 heavy (non-hydrogen) atoms. The Bertz CT molecular complexity index is 193. The molecule has 6 nitrogen and oxygen atoms in total. The number of rotatable bonds is 1. The average molecular weight is 160 g/mol. The molecule has 0 aromatic carbocycles. The van der Waals surface area contributed by atoms with E-state index in [4.69, 9.17) is 5.26 Å². The minimum Gasteiger partial charge on any atom is -0.309 e. The van der Waals surface area contributed by atoms with Crippen molar-refractivity contribution in [2.45, 2.75) is 13.2 Å². The standard InChI is InChI=1S/C5H8N2O4/c1-2-3(8)6-5(9)7-4(2)11-10/h2,4,10H,1H3,(H2,6,7,8,9)/t2?,4-/m0/s1. The maximum absolute atomic E-state index is 10.8. The smallest absolute Gasteiger partial charge is 0.309 e. The topological polar surface area (TPSA) is 87.7 Å². The van der Waals surface area contributed by atoms with E-state index in [1.165, 1.54) is 6.92 Å². The summed E-state index contributed by atoms with van der Waals surface area (Å²) < 4.78 is 0. The van der Waals surface area contributed by atoms with Crippen molar-refractivity contribution in [1.29, 1.82) is 0 Å². The van der Waals surface area contributed by atoms with Crippen LogP contribution in [0.3, 0.4) is 0 Å². The SMILES string of the molecule is CC1C(=O)NC(=O)N[C@H]1OO. The summed E-state index contributed by atoms with van der Waals surface area (Å²) in [6.07, 6.45) is -0.948. The van der Waals surface area contributed by atoms with Gasteiger partial charge < -0.3 is 5.32 Å². The van der Waals surface area contributed by atoms with Gasteiger partial charge in [0.05, 0.1) is 5.92 Å². The first kappa shape index (κ1) is 7.96. The summed E-state index contributed by atoms with van der Waals surface area (Å²) in [6.45, 7) is 1.52. The molecule has 1 fully saturated rings. The molecule has 0 aliphatic carbocycles. The minimum atomic E-state index is -0.948. The molecule has 1 rings (SSSR count). The number of urea groups is 1. The van der Waals surface area contributed by atoms with Gasteiger partial charge in [-0.3, -0.25) is 10.1 Å². The summed E-state index contributed by atoms with van der Waals surface area (Å²) >= 11 is 0. The van der Waals surface area contributed by atoms with Crippen molar-refractivity contribution in [1.82, 2.24) is 10.6 Å². The molecule has 3 N–H and O–H groups in total. The zero-order chi connectivity index (χ0) is 8.43. The fraction of sp³-hybridized carbons (Fsp3) is 0.600. The quantitative estimate of drug-likeness (QED) is 0.349. The highest BCUT2D eigenvalue weighted by atomic mass is 17.1. The van der Waals surface area contributed by atoms with Gasteiger partial charge in [-0.15, -0.1) is 0 Å². The minimum absolute atomic E-state index is 0.465. The van der Waals surface area contributed by atoms with Crippen LogP contribution in [-0.2, 0) is 9.68 Å². The van der Waals surface area contributed by atoms with E-state index in [0.29, 0.717) is 0 Å². The van der Waals surface area contributed by atoms with Crippen molar-refractivity contribution >= 4 is 11.9 Å². The first-order chi connectivity index (χ1) is 5.15. The summed E-state index contributed by atoms with van der Waals surface area (Å²) in [5, 5.41) is 12.4. The molecule has 0 aromatic heterocycles. The second-order valence-corrected chi connectivity index (χ2v) is 2.28. The second-order valence-electron chi connectivity index (χ2n) is 2.28. The summed E-state index contributed by atoms with van der Waals surface area (Å²) in [6, 6.07) is -0.660. The van der Waals surface area contributed by atoms with Crippen LogP contribution in [-0.4, -0.2) is 23.4 Å². The van der Waals surface area contributed by atoms with Crippen LogP contribution in [0.5, 0.6) is 0 Å². The van der Waals surface area contributed by atoms with E-state index in [2.05, 4.69) is 10.2 Å². The lowest BCUT2D eigenvalue weighted by atomic mass is 10.1. The second kappa shape index (κ2) is 2.85. The molecular weight excluding hydrogens is 152 g/mol. The molecule has 2 atom stereocenters. The van der Waals surface area contributed by atoms with Crippen LogP contribution in [0.15, 0.2) is 0 Å². The van der Waals surface area contributed by atoms with Gasteiger partial charge in [0.2, 0.25) is 5.91 Å². The molecule has 0 radical (unpaired) electrons. The lowest BCUT2D eigenvalue weighted by Crippen LogP contribution is -2.57. The van der Waals surface area contributed by atoms with Crippen molar-refractivity contribution in [2.75, 3.05) is 0 Å². The van der Waals surface area contributed by atoms with Gasteiger partial charge in [0, 0.05) is 0 Å². The van der Waals surface area contributed by atoms with Gasteiger partial charge >= 0.3 is 6.03 Å². The van der Waals surface area contributed by atoms with Crippen LogP contribution in [0.1, 0.15) is 6.92 Å². The number of carbonyl (C=O) groups is 2. The highest BCUT2D eigenvalue weighted by Crippen LogP contribution is 2.06. The van der Waals surface area contributed by atoms with Gasteiger partial charge in [0.1, 0.15) is 0 Å². The van der Waals surface area contributed by atoms with Gasteiger partial charge in [0.25, 0.3) is 0 Å². The van der Waals surface area contributed by atoms with Gasteiger partial charge in [0.15, 0.2) is 6.23 Å². The monoisotopic (exact) mass is 160 g/mol. The number of carbonyl (C=O) groups excluding carboxylic acids is 2. The molecule has 1 aliphatic heterocycles. The number of hydrogen-bond acceptors (Lipinski definition) is 4. The predicted octanol–water partition coefficient (Wildman–Crippen LogP) is -0.722. The molecule has 3 amide bonds. The van der Waals surface area contributed by atoms with Gasteiger partial charge in [-0.05, 0) is 6.92 Å². The van der Waals surface area contributed by atoms with E-state index in [-0.39, 0.29) is 0 Å². The lowest BCUT2D eigenvalue weighted by molar-refractivity contribution is -0.292. The Hall–Kier alpha value is -1.14. The summed E-state index contributed by atoms with van der Waals surface area (Å²) in [5.41, 5.74) is 0. The van der Waals surface area contributed by atoms with Crippen molar-refractivity contribution in [3.8, 4) is 0 Å². The molecule has 6 heteroatoms. The number of imide groups is 1. The summed E-state index contributed by atoms with van der Waals surface area (Å²) in [4.78, 5) is 25.2. The molecule has 1 heterocycles. The predicted molar refractivity (Wildman–Crippen MR) is 33.3 cm³/mol. The summed E-state index contributed by atoms with van der Waals surface area (Å²) in [7, 11) is 0. The zero-order valence-electron chi connectivity index (χ0n) is 5.83. The zero-order valence-corrected chi connectivity index (χ0v) is 5.83. The van der Waals surface area contributed by atoms with Crippen LogP contribution in [0.2, 0.25) is 0 Å². The third kappa shape index (κ3) is 1.47. The van der Waals surface area contributed by atoms with Crippen molar-refractivity contribution in [2.24, 2.45) is 5.92 Å². The fourth-order valence-electron chi connectivity index (χ4n) is 0.771. The molecule has 0 spiro atoms. The maximum atomic E-state index is 10.8. The molecular formula is C5H8N2O4. The van der Waals surface area contributed by atoms with Crippen LogP contribution >= 0.6 is 0 Å². The maximum Gasteiger partial charge on any atom is 0.323 e. The van der Waals surface area contributed by atoms with E-state index in [0.717, 1.165) is 0 Å². The van der Waals surface area contributed by atoms with Crippen molar-refractivity contribution in [3.63, 3.8) is 0 Å². The highest BCUT2D eigenvalue weighted by Gasteiger charge is 2.32. The largest absolute Gasteiger partial charge is 0.323 e. The first-order valence-corrected chi connectivity index (χ1v) is 3.06. The number of hydrogen-bond donors (Lipinski definition) is 3. The number of amides is 3. The molecule has 1 saturated heterocycles. The Morgan fingerprint density at radius 2 is 2.18 bits per heavy atom. The van der Waals surface area contributed by atoms with Gasteiger partial charge in [-0.1, -0.05) is 0 Å². The van der Waals surface area contributed by atoms with Crippen molar-refractivity contribution in [3.05, 3.63) is 0 Å².